The molecule has 0 amide bonds. The number of aliphatic hydroxyl groups is 3. The topological polar surface area (TPSA) is 77.8 Å². The maximum absolute atomic E-state index is 12.3. The average Bonchev–Trinajstić information content (AvgIpc) is 3.01. The van der Waals surface area contributed by atoms with Crippen LogP contribution in [0.5, 0.6) is 0 Å². The number of carbonyl (C=O) groups is 1. The Morgan fingerprint density at radius 2 is 0.651 bits per heavy atom. The summed E-state index contributed by atoms with van der Waals surface area (Å²) < 4.78 is 0. The molecule has 0 fully saturated rings. The van der Waals surface area contributed by atoms with Crippen molar-refractivity contribution in [3.63, 3.8) is 0 Å². The van der Waals surface area contributed by atoms with Crippen molar-refractivity contribution in [3.8, 4) is 0 Å². The molecule has 0 aromatic heterocycles. The Bertz CT molecular complexity index is 551. The number of carbonyl (C=O) groups excluding carboxylic acids is 1. The van der Waals surface area contributed by atoms with Gasteiger partial charge in [0, 0.05) is 6.42 Å². The number of aliphatic hydroxyl groups excluding tert-OH is 3. The second kappa shape index (κ2) is 34.4. The summed E-state index contributed by atoms with van der Waals surface area (Å²) in [4.78, 5) is 12.3. The second-order valence-corrected chi connectivity index (χ2v) is 13.8. The third-order valence-corrected chi connectivity index (χ3v) is 9.43. The third kappa shape index (κ3) is 30.0. The maximum Gasteiger partial charge on any atom is 0.164 e. The van der Waals surface area contributed by atoms with Gasteiger partial charge < -0.3 is 15.3 Å². The van der Waals surface area contributed by atoms with Crippen molar-refractivity contribution in [2.45, 2.75) is 244 Å². The highest BCUT2D eigenvalue weighted by Crippen LogP contribution is 2.17. The quantitative estimate of drug-likeness (QED) is 0.0617. The fourth-order valence-electron chi connectivity index (χ4n) is 6.29. The smallest absolute Gasteiger partial charge is 0.164 e. The molecule has 0 aliphatic carbocycles. The van der Waals surface area contributed by atoms with E-state index < -0.39 is 18.3 Å². The predicted molar refractivity (Wildman–Crippen MR) is 187 cm³/mol. The number of hydrogen-bond donors (Lipinski definition) is 3. The molecule has 0 aromatic carbocycles. The monoisotopic (exact) mass is 611 g/mol. The zero-order valence-electron chi connectivity index (χ0n) is 29.3. The normalized spacial score (nSPS) is 13.8. The van der Waals surface area contributed by atoms with Crippen molar-refractivity contribution in [3.05, 3.63) is 0 Å². The molecule has 0 spiro atoms. The molecule has 4 nitrogen and oxygen atoms in total. The van der Waals surface area contributed by atoms with Gasteiger partial charge in [-0.15, -0.1) is 0 Å². The van der Waals surface area contributed by atoms with Crippen LogP contribution in [0.15, 0.2) is 0 Å². The summed E-state index contributed by atoms with van der Waals surface area (Å²) in [7, 11) is 0. The first-order valence-corrected chi connectivity index (χ1v) is 19.6. The Kier molecular flexibility index (Phi) is 34.1. The van der Waals surface area contributed by atoms with E-state index in [0.717, 1.165) is 38.5 Å². The number of ketones is 1. The molecule has 0 rings (SSSR count). The highest BCUT2D eigenvalue weighted by molar-refractivity contribution is 5.83. The predicted octanol–water partition coefficient (Wildman–Crippen LogP) is 11.6. The van der Waals surface area contributed by atoms with Gasteiger partial charge in [-0.3, -0.25) is 4.79 Å². The first-order chi connectivity index (χ1) is 21.0. The van der Waals surface area contributed by atoms with Gasteiger partial charge in [0.2, 0.25) is 0 Å². The number of Topliss-reactive ketones (excluding diaryl/α,β-unsaturated/α-hetero) is 1. The molecule has 0 aromatic rings. The zero-order valence-corrected chi connectivity index (χ0v) is 29.3. The van der Waals surface area contributed by atoms with Crippen LogP contribution >= 0.6 is 0 Å². The van der Waals surface area contributed by atoms with Crippen LogP contribution in [-0.2, 0) is 4.79 Å². The fraction of sp³-hybridized carbons (Fsp3) is 0.974. The lowest BCUT2D eigenvalue weighted by atomic mass is 9.96. The number of unbranched alkanes of at least 4 members (excludes halogenated alkanes) is 29. The molecule has 43 heavy (non-hydrogen) atoms. The maximum atomic E-state index is 12.3. The van der Waals surface area contributed by atoms with Crippen LogP contribution in [0.3, 0.4) is 0 Å². The van der Waals surface area contributed by atoms with Crippen molar-refractivity contribution >= 4 is 5.78 Å². The van der Waals surface area contributed by atoms with Gasteiger partial charge in [-0.25, -0.2) is 0 Å². The van der Waals surface area contributed by atoms with Crippen LogP contribution in [0.4, 0.5) is 0 Å². The van der Waals surface area contributed by atoms with E-state index in [4.69, 9.17) is 0 Å². The van der Waals surface area contributed by atoms with Crippen molar-refractivity contribution in [2.24, 2.45) is 0 Å². The van der Waals surface area contributed by atoms with E-state index in [1.54, 1.807) is 0 Å². The molecule has 0 heterocycles. The minimum Gasteiger partial charge on any atom is -0.390 e. The Labute approximate surface area is 269 Å². The molecule has 3 atom stereocenters. The van der Waals surface area contributed by atoms with Gasteiger partial charge in [0.15, 0.2) is 5.78 Å². The summed E-state index contributed by atoms with van der Waals surface area (Å²) >= 11 is 0. The van der Waals surface area contributed by atoms with Crippen molar-refractivity contribution in [1.29, 1.82) is 0 Å². The van der Waals surface area contributed by atoms with Gasteiger partial charge in [-0.1, -0.05) is 206 Å². The summed E-state index contributed by atoms with van der Waals surface area (Å²) in [5.41, 5.74) is 0. The minimum atomic E-state index is -1.46. The summed E-state index contributed by atoms with van der Waals surface area (Å²) in [6.45, 7) is 4.54. The first-order valence-electron chi connectivity index (χ1n) is 19.6. The zero-order chi connectivity index (χ0) is 31.6. The Morgan fingerprint density at radius 1 is 0.395 bits per heavy atom. The molecule has 258 valence electrons. The van der Waals surface area contributed by atoms with E-state index in [9.17, 15) is 20.1 Å². The molecule has 0 saturated heterocycles. The summed E-state index contributed by atoms with van der Waals surface area (Å²) in [6.07, 6.45) is 36.8. The molecule has 0 aliphatic heterocycles. The Morgan fingerprint density at radius 3 is 0.953 bits per heavy atom. The van der Waals surface area contributed by atoms with Crippen LogP contribution < -0.4 is 0 Å². The summed E-state index contributed by atoms with van der Waals surface area (Å²) in [5, 5.41) is 30.8. The van der Waals surface area contributed by atoms with Crippen molar-refractivity contribution < 1.29 is 20.1 Å². The van der Waals surface area contributed by atoms with Gasteiger partial charge in [-0.2, -0.15) is 0 Å². The molecular formula is C39H78O4. The molecule has 3 N–H and O–H groups in total. The molecule has 0 aliphatic rings. The van der Waals surface area contributed by atoms with Crippen LogP contribution in [0.25, 0.3) is 0 Å². The Hall–Kier alpha value is -0.450. The van der Waals surface area contributed by atoms with Crippen molar-refractivity contribution in [2.75, 3.05) is 0 Å². The average molecular weight is 611 g/mol. The molecule has 0 saturated carbocycles. The second-order valence-electron chi connectivity index (χ2n) is 13.8. The standard InChI is InChI=1S/C39H78O4/c1-3-5-7-9-11-13-15-17-18-19-20-21-23-25-27-29-31-33-35-37(41)39(43)38(42)36(40)34-32-30-28-26-24-22-16-14-12-10-8-6-4-2/h37-39,41-43H,3-35H2,1-2H3. The fourth-order valence-corrected chi connectivity index (χ4v) is 6.29. The minimum absolute atomic E-state index is 0.294. The molecule has 4 heteroatoms. The Balaban J connectivity index is 3.51. The van der Waals surface area contributed by atoms with E-state index in [1.807, 2.05) is 0 Å². The summed E-state index contributed by atoms with van der Waals surface area (Å²) in [6, 6.07) is 0. The first kappa shape index (κ1) is 42.6. The summed E-state index contributed by atoms with van der Waals surface area (Å²) in [5.74, 6) is -0.326. The highest BCUT2D eigenvalue weighted by Gasteiger charge is 2.29. The molecule has 0 bridgehead atoms. The highest BCUT2D eigenvalue weighted by atomic mass is 16.4. The molecule has 0 radical (unpaired) electrons. The van der Waals surface area contributed by atoms with Crippen LogP contribution in [0, 0.1) is 0 Å². The lowest BCUT2D eigenvalue weighted by Crippen LogP contribution is -2.42. The van der Waals surface area contributed by atoms with Gasteiger partial charge in [-0.05, 0) is 12.8 Å². The van der Waals surface area contributed by atoms with Crippen LogP contribution in [0.2, 0.25) is 0 Å². The van der Waals surface area contributed by atoms with E-state index in [2.05, 4.69) is 13.8 Å². The number of rotatable bonds is 36. The van der Waals surface area contributed by atoms with Gasteiger partial charge >= 0.3 is 0 Å². The van der Waals surface area contributed by atoms with Gasteiger partial charge in [0.05, 0.1) is 6.10 Å². The van der Waals surface area contributed by atoms with E-state index >= 15 is 0 Å². The lowest BCUT2D eigenvalue weighted by Gasteiger charge is -2.22. The third-order valence-electron chi connectivity index (χ3n) is 9.43. The van der Waals surface area contributed by atoms with Gasteiger partial charge in [0.25, 0.3) is 0 Å². The van der Waals surface area contributed by atoms with E-state index in [1.165, 1.54) is 161 Å². The SMILES string of the molecule is CCCCCCCCCCCCCCCCCCCCC(O)C(O)C(O)C(=O)CCCCCCCCCCCCCCC. The molecule has 3 unspecified atom stereocenters. The lowest BCUT2D eigenvalue weighted by molar-refractivity contribution is -0.138. The molecular weight excluding hydrogens is 532 g/mol. The van der Waals surface area contributed by atoms with E-state index in [0.29, 0.717) is 12.8 Å². The number of hydrogen-bond acceptors (Lipinski definition) is 4. The van der Waals surface area contributed by atoms with Gasteiger partial charge in [0.1, 0.15) is 12.2 Å². The largest absolute Gasteiger partial charge is 0.390 e. The van der Waals surface area contributed by atoms with Crippen molar-refractivity contribution in [1.82, 2.24) is 0 Å². The van der Waals surface area contributed by atoms with Crippen LogP contribution in [-0.4, -0.2) is 39.4 Å². The van der Waals surface area contributed by atoms with Crippen LogP contribution in [0.1, 0.15) is 226 Å². The van der Waals surface area contributed by atoms with E-state index in [-0.39, 0.29) is 5.78 Å².